The molecule has 10 nitrogen and oxygen atoms in total. The molecule has 0 bridgehead atoms. The SMILES string of the molecule is Cc1cc(Nc2ncnc(Nc3cccnc3Cl)c2[N+](=O)[O-])no1. The Labute approximate surface area is 140 Å². The van der Waals surface area contributed by atoms with Crippen molar-refractivity contribution < 1.29 is 9.45 Å². The van der Waals surface area contributed by atoms with E-state index in [0.717, 1.165) is 0 Å². The number of hydrogen-bond acceptors (Lipinski definition) is 9. The minimum Gasteiger partial charge on any atom is -0.360 e. The average molecular weight is 348 g/mol. The van der Waals surface area contributed by atoms with Gasteiger partial charge in [-0.2, -0.15) is 0 Å². The zero-order valence-corrected chi connectivity index (χ0v) is 13.0. The van der Waals surface area contributed by atoms with Crippen molar-refractivity contribution >= 4 is 40.4 Å². The Morgan fingerprint density at radius 3 is 2.62 bits per heavy atom. The summed E-state index contributed by atoms with van der Waals surface area (Å²) < 4.78 is 4.91. The van der Waals surface area contributed by atoms with Gasteiger partial charge in [-0.3, -0.25) is 10.1 Å². The van der Waals surface area contributed by atoms with Crippen LogP contribution in [0.2, 0.25) is 5.15 Å². The quantitative estimate of drug-likeness (QED) is 0.405. The van der Waals surface area contributed by atoms with Crippen LogP contribution in [0.1, 0.15) is 5.76 Å². The van der Waals surface area contributed by atoms with Crippen molar-refractivity contribution in [2.45, 2.75) is 6.92 Å². The Morgan fingerprint density at radius 1 is 1.25 bits per heavy atom. The van der Waals surface area contributed by atoms with E-state index in [2.05, 4.69) is 30.7 Å². The summed E-state index contributed by atoms with van der Waals surface area (Å²) in [6, 6.07) is 4.84. The highest BCUT2D eigenvalue weighted by Crippen LogP contribution is 2.33. The van der Waals surface area contributed by atoms with Crippen LogP contribution in [0.5, 0.6) is 0 Å². The van der Waals surface area contributed by atoms with E-state index in [1.54, 1.807) is 25.1 Å². The van der Waals surface area contributed by atoms with Crippen LogP contribution in [0.4, 0.5) is 28.8 Å². The van der Waals surface area contributed by atoms with Crippen LogP contribution in [0.25, 0.3) is 0 Å². The van der Waals surface area contributed by atoms with Gasteiger partial charge in [-0.25, -0.2) is 15.0 Å². The van der Waals surface area contributed by atoms with Gasteiger partial charge in [0, 0.05) is 12.3 Å². The maximum Gasteiger partial charge on any atom is 0.353 e. The molecule has 3 aromatic heterocycles. The molecule has 0 saturated carbocycles. The monoisotopic (exact) mass is 347 g/mol. The number of pyridine rings is 1. The third kappa shape index (κ3) is 3.22. The van der Waals surface area contributed by atoms with E-state index in [1.165, 1.54) is 12.5 Å². The number of aromatic nitrogens is 4. The molecular weight excluding hydrogens is 338 g/mol. The Morgan fingerprint density at radius 2 is 2.00 bits per heavy atom. The molecule has 0 spiro atoms. The Bertz CT molecular complexity index is 899. The maximum atomic E-state index is 11.5. The lowest BCUT2D eigenvalue weighted by Crippen LogP contribution is -2.06. The Balaban J connectivity index is 1.99. The van der Waals surface area contributed by atoms with Crippen LogP contribution in [0, 0.1) is 17.0 Å². The van der Waals surface area contributed by atoms with Crippen molar-refractivity contribution in [3.05, 3.63) is 51.8 Å². The number of nitro groups is 1. The molecule has 0 unspecified atom stereocenters. The summed E-state index contributed by atoms with van der Waals surface area (Å²) in [5, 5.41) is 20.9. The summed E-state index contributed by atoms with van der Waals surface area (Å²) >= 11 is 5.95. The summed E-state index contributed by atoms with van der Waals surface area (Å²) in [5.41, 5.74) is 0.0160. The molecule has 0 fully saturated rings. The molecule has 3 aromatic rings. The van der Waals surface area contributed by atoms with E-state index in [9.17, 15) is 10.1 Å². The molecular formula is C13H10ClN7O3. The van der Waals surface area contributed by atoms with Gasteiger partial charge in [0.05, 0.1) is 10.6 Å². The van der Waals surface area contributed by atoms with E-state index in [1.807, 2.05) is 0 Å². The Kier molecular flexibility index (Phi) is 4.20. The van der Waals surface area contributed by atoms with Crippen molar-refractivity contribution in [2.24, 2.45) is 0 Å². The maximum absolute atomic E-state index is 11.5. The number of hydrogen-bond donors (Lipinski definition) is 2. The zero-order valence-electron chi connectivity index (χ0n) is 12.2. The van der Waals surface area contributed by atoms with Crippen LogP contribution < -0.4 is 10.6 Å². The van der Waals surface area contributed by atoms with Gasteiger partial charge in [-0.1, -0.05) is 16.8 Å². The molecule has 0 saturated heterocycles. The number of nitrogens with one attached hydrogen (secondary N) is 2. The second kappa shape index (κ2) is 6.46. The minimum atomic E-state index is -0.609. The molecule has 11 heteroatoms. The van der Waals surface area contributed by atoms with E-state index in [0.29, 0.717) is 17.3 Å². The summed E-state index contributed by atoms with van der Waals surface area (Å²) in [6.07, 6.45) is 2.68. The molecule has 24 heavy (non-hydrogen) atoms. The Hall–Kier alpha value is -3.27. The molecule has 0 amide bonds. The number of halogens is 1. The first-order valence-electron chi connectivity index (χ1n) is 6.62. The molecule has 122 valence electrons. The number of nitrogens with zero attached hydrogens (tertiary/aromatic N) is 5. The van der Waals surface area contributed by atoms with Gasteiger partial charge < -0.3 is 15.2 Å². The van der Waals surface area contributed by atoms with Crippen LogP contribution in [-0.2, 0) is 0 Å². The molecule has 3 heterocycles. The highest BCUT2D eigenvalue weighted by Gasteiger charge is 2.24. The van der Waals surface area contributed by atoms with Gasteiger partial charge >= 0.3 is 5.69 Å². The number of rotatable bonds is 5. The lowest BCUT2D eigenvalue weighted by molar-refractivity contribution is -0.383. The molecule has 0 radical (unpaired) electrons. The lowest BCUT2D eigenvalue weighted by atomic mass is 10.3. The topological polar surface area (TPSA) is 132 Å². The molecule has 0 aliphatic carbocycles. The third-order valence-corrected chi connectivity index (χ3v) is 3.19. The van der Waals surface area contributed by atoms with Gasteiger partial charge in [0.2, 0.25) is 11.6 Å². The van der Waals surface area contributed by atoms with Crippen LogP contribution in [0.15, 0.2) is 35.2 Å². The third-order valence-electron chi connectivity index (χ3n) is 2.89. The predicted octanol–water partition coefficient (Wildman–Crippen LogP) is 3.22. The smallest absolute Gasteiger partial charge is 0.353 e. The molecule has 0 aliphatic rings. The van der Waals surface area contributed by atoms with Crippen molar-refractivity contribution in [3.8, 4) is 0 Å². The van der Waals surface area contributed by atoms with Gasteiger partial charge in [-0.15, -0.1) is 0 Å². The first-order valence-corrected chi connectivity index (χ1v) is 6.99. The van der Waals surface area contributed by atoms with Crippen LogP contribution in [0.3, 0.4) is 0 Å². The van der Waals surface area contributed by atoms with Crippen LogP contribution in [-0.4, -0.2) is 25.0 Å². The fourth-order valence-electron chi connectivity index (χ4n) is 1.89. The first kappa shape index (κ1) is 15.6. The van der Waals surface area contributed by atoms with Gasteiger partial charge in [0.25, 0.3) is 0 Å². The number of anilines is 4. The van der Waals surface area contributed by atoms with E-state index < -0.39 is 4.92 Å². The van der Waals surface area contributed by atoms with Gasteiger partial charge in [0.15, 0.2) is 11.0 Å². The molecule has 2 N–H and O–H groups in total. The summed E-state index contributed by atoms with van der Waals surface area (Å²) in [7, 11) is 0. The van der Waals surface area contributed by atoms with E-state index >= 15 is 0 Å². The number of aryl methyl sites for hydroxylation is 1. The van der Waals surface area contributed by atoms with Crippen molar-refractivity contribution in [1.29, 1.82) is 0 Å². The molecule has 0 aliphatic heterocycles. The van der Waals surface area contributed by atoms with Gasteiger partial charge in [-0.05, 0) is 19.1 Å². The average Bonchev–Trinajstić information content (AvgIpc) is 2.94. The second-order valence-corrected chi connectivity index (χ2v) is 4.95. The lowest BCUT2D eigenvalue weighted by Gasteiger charge is -2.09. The predicted molar refractivity (Wildman–Crippen MR) is 85.7 cm³/mol. The van der Waals surface area contributed by atoms with Gasteiger partial charge in [0.1, 0.15) is 12.1 Å². The van der Waals surface area contributed by atoms with Crippen molar-refractivity contribution in [2.75, 3.05) is 10.6 Å². The minimum absolute atomic E-state index is 0.0346. The standard InChI is InChI=1S/C13H10ClN7O3/c1-7-5-9(20-24-7)19-13-10(21(22)23)12(16-6-17-13)18-8-3-2-4-15-11(8)14/h2-6H,1H3,(H2,16,17,18,19,20). The second-order valence-electron chi connectivity index (χ2n) is 4.59. The molecule has 0 atom stereocenters. The van der Waals surface area contributed by atoms with Crippen LogP contribution >= 0.6 is 11.6 Å². The highest BCUT2D eigenvalue weighted by molar-refractivity contribution is 6.32. The summed E-state index contributed by atoms with van der Waals surface area (Å²) in [6.45, 7) is 1.70. The molecule has 3 rings (SSSR count). The summed E-state index contributed by atoms with van der Waals surface area (Å²) in [5.74, 6) is 0.771. The largest absolute Gasteiger partial charge is 0.360 e. The normalized spacial score (nSPS) is 10.4. The van der Waals surface area contributed by atoms with Crippen molar-refractivity contribution in [3.63, 3.8) is 0 Å². The van der Waals surface area contributed by atoms with Crippen molar-refractivity contribution in [1.82, 2.24) is 20.1 Å². The van der Waals surface area contributed by atoms with E-state index in [-0.39, 0.29) is 22.5 Å². The fraction of sp³-hybridized carbons (Fsp3) is 0.0769. The molecule has 0 aromatic carbocycles. The zero-order chi connectivity index (χ0) is 17.1. The highest BCUT2D eigenvalue weighted by atomic mass is 35.5. The first-order chi connectivity index (χ1) is 11.5. The van der Waals surface area contributed by atoms with E-state index in [4.69, 9.17) is 16.1 Å². The fourth-order valence-corrected chi connectivity index (χ4v) is 2.05. The summed E-state index contributed by atoms with van der Waals surface area (Å²) in [4.78, 5) is 22.6.